The fraction of sp³-hybridized carbons (Fsp3) is 0.400. The second-order valence-electron chi connectivity index (χ2n) is 3.88. The van der Waals surface area contributed by atoms with Crippen LogP contribution in [-0.2, 0) is 11.4 Å². The predicted molar refractivity (Wildman–Crippen MR) is 67.7 cm³/mol. The predicted octanol–water partition coefficient (Wildman–Crippen LogP) is 1.67. The highest BCUT2D eigenvalue weighted by Gasteiger charge is 2.23. The van der Waals surface area contributed by atoms with Crippen LogP contribution in [0.2, 0.25) is 0 Å². The Kier molecular flexibility index (Phi) is 3.44. The number of hydrogen-bond donors (Lipinski definition) is 1. The highest BCUT2D eigenvalue weighted by Crippen LogP contribution is 2.30. The highest BCUT2D eigenvalue weighted by molar-refractivity contribution is 9.11. The first-order chi connectivity index (χ1) is 8.70. The molecule has 6 nitrogen and oxygen atoms in total. The Balaban J connectivity index is 1.70. The summed E-state index contributed by atoms with van der Waals surface area (Å²) >= 11 is 4.92. The Hall–Kier alpha value is -0.800. The maximum Gasteiger partial charge on any atom is 0.257 e. The summed E-state index contributed by atoms with van der Waals surface area (Å²) in [7, 11) is 0. The first kappa shape index (κ1) is 12.2. The van der Waals surface area contributed by atoms with Crippen LogP contribution in [0.1, 0.15) is 5.89 Å². The lowest BCUT2D eigenvalue weighted by Gasteiger charge is -2.09. The number of aliphatic hydroxyl groups is 1. The van der Waals surface area contributed by atoms with Crippen molar-refractivity contribution in [1.29, 1.82) is 0 Å². The van der Waals surface area contributed by atoms with E-state index in [1.807, 2.05) is 12.1 Å². The molecule has 1 saturated heterocycles. The van der Waals surface area contributed by atoms with Crippen LogP contribution in [0.4, 0.5) is 0 Å². The molecule has 0 saturated carbocycles. The molecule has 2 aromatic rings. The number of halogens is 1. The van der Waals surface area contributed by atoms with Crippen molar-refractivity contribution in [3.05, 3.63) is 21.8 Å². The summed E-state index contributed by atoms with van der Waals surface area (Å²) < 4.78 is 6.56. The number of thiophene rings is 1. The molecule has 0 aromatic carbocycles. The van der Waals surface area contributed by atoms with Crippen LogP contribution in [0, 0.1) is 0 Å². The number of β-amino-alcohol motifs (C(OH)–C–C–N with tert-alkyl or cyclic N) is 1. The molecule has 3 rings (SSSR count). The van der Waals surface area contributed by atoms with E-state index in [1.165, 1.54) is 11.3 Å². The SMILES string of the molecule is O[C@@H]1CON(Cc2nnc(-c3ccc(Br)s3)o2)C1. The number of aliphatic hydroxyl groups excluding tert-OH is 1. The maximum absolute atomic E-state index is 9.33. The summed E-state index contributed by atoms with van der Waals surface area (Å²) in [5.41, 5.74) is 0. The van der Waals surface area contributed by atoms with E-state index >= 15 is 0 Å². The molecular formula is C10H10BrN3O3S. The zero-order chi connectivity index (χ0) is 12.5. The first-order valence-corrected chi connectivity index (χ1v) is 6.95. The van der Waals surface area contributed by atoms with Gasteiger partial charge in [0.2, 0.25) is 5.89 Å². The van der Waals surface area contributed by atoms with Gasteiger partial charge in [-0.15, -0.1) is 21.5 Å². The van der Waals surface area contributed by atoms with E-state index in [9.17, 15) is 5.11 Å². The fourth-order valence-electron chi connectivity index (χ4n) is 1.64. The second-order valence-corrected chi connectivity index (χ2v) is 6.34. The van der Waals surface area contributed by atoms with Gasteiger partial charge in [0.15, 0.2) is 0 Å². The molecule has 1 aliphatic heterocycles. The standard InChI is InChI=1S/C10H10BrN3O3S/c11-8-2-1-7(18-8)10-13-12-9(17-10)4-14-3-6(15)5-16-14/h1-2,6,15H,3-5H2/t6-/m0/s1. The van der Waals surface area contributed by atoms with E-state index in [2.05, 4.69) is 26.1 Å². The first-order valence-electron chi connectivity index (χ1n) is 5.35. The van der Waals surface area contributed by atoms with Crippen LogP contribution in [0.3, 0.4) is 0 Å². The summed E-state index contributed by atoms with van der Waals surface area (Å²) in [6.07, 6.45) is -0.444. The Bertz CT molecular complexity index is 544. The Morgan fingerprint density at radius 1 is 1.50 bits per heavy atom. The van der Waals surface area contributed by atoms with Crippen molar-refractivity contribution in [2.45, 2.75) is 12.6 Å². The molecule has 2 aromatic heterocycles. The number of hydroxylamine groups is 2. The lowest BCUT2D eigenvalue weighted by Crippen LogP contribution is -2.20. The van der Waals surface area contributed by atoms with Crippen LogP contribution in [-0.4, -0.2) is 39.6 Å². The highest BCUT2D eigenvalue weighted by atomic mass is 79.9. The number of nitrogens with zero attached hydrogens (tertiary/aromatic N) is 3. The van der Waals surface area contributed by atoms with Gasteiger partial charge in [-0.1, -0.05) is 0 Å². The van der Waals surface area contributed by atoms with E-state index in [-0.39, 0.29) is 0 Å². The number of rotatable bonds is 3. The van der Waals surface area contributed by atoms with Gasteiger partial charge in [-0.05, 0) is 28.1 Å². The molecule has 0 radical (unpaired) electrons. The van der Waals surface area contributed by atoms with Crippen molar-refractivity contribution in [3.63, 3.8) is 0 Å². The largest absolute Gasteiger partial charge is 0.418 e. The van der Waals surface area contributed by atoms with Crippen LogP contribution >= 0.6 is 27.3 Å². The molecule has 96 valence electrons. The summed E-state index contributed by atoms with van der Waals surface area (Å²) in [5, 5.41) is 18.9. The molecule has 1 fully saturated rings. The smallest absolute Gasteiger partial charge is 0.257 e. The Labute approximate surface area is 115 Å². The van der Waals surface area contributed by atoms with Gasteiger partial charge >= 0.3 is 0 Å². The minimum absolute atomic E-state index is 0.318. The monoisotopic (exact) mass is 331 g/mol. The zero-order valence-corrected chi connectivity index (χ0v) is 11.6. The molecule has 3 heterocycles. The zero-order valence-electron chi connectivity index (χ0n) is 9.24. The van der Waals surface area contributed by atoms with Gasteiger partial charge in [0.25, 0.3) is 5.89 Å². The van der Waals surface area contributed by atoms with Gasteiger partial charge in [-0.3, -0.25) is 4.84 Å². The average molecular weight is 332 g/mol. The van der Waals surface area contributed by atoms with Crippen molar-refractivity contribution >= 4 is 27.3 Å². The van der Waals surface area contributed by atoms with Gasteiger partial charge in [-0.25, -0.2) is 0 Å². The van der Waals surface area contributed by atoms with Crippen molar-refractivity contribution in [1.82, 2.24) is 15.3 Å². The lowest BCUT2D eigenvalue weighted by molar-refractivity contribution is -0.122. The van der Waals surface area contributed by atoms with Crippen LogP contribution in [0.5, 0.6) is 0 Å². The van der Waals surface area contributed by atoms with Gasteiger partial charge in [-0.2, -0.15) is 5.06 Å². The van der Waals surface area contributed by atoms with Gasteiger partial charge in [0, 0.05) is 0 Å². The molecule has 0 amide bonds. The minimum Gasteiger partial charge on any atom is -0.418 e. The molecule has 1 atom stereocenters. The fourth-order valence-corrected chi connectivity index (χ4v) is 2.95. The van der Waals surface area contributed by atoms with Crippen molar-refractivity contribution < 1.29 is 14.4 Å². The third kappa shape index (κ3) is 2.62. The molecule has 1 aliphatic rings. The molecule has 1 N–H and O–H groups in total. The molecule has 0 bridgehead atoms. The van der Waals surface area contributed by atoms with Crippen LogP contribution < -0.4 is 0 Å². The summed E-state index contributed by atoms with van der Waals surface area (Å²) in [6.45, 7) is 1.16. The third-order valence-electron chi connectivity index (χ3n) is 2.43. The Morgan fingerprint density at radius 3 is 3.06 bits per heavy atom. The minimum atomic E-state index is -0.444. The molecule has 0 unspecified atom stereocenters. The second kappa shape index (κ2) is 5.06. The van der Waals surface area contributed by atoms with Gasteiger partial charge in [0.05, 0.1) is 27.9 Å². The molecule has 18 heavy (non-hydrogen) atoms. The van der Waals surface area contributed by atoms with E-state index in [4.69, 9.17) is 9.25 Å². The maximum atomic E-state index is 9.33. The summed E-state index contributed by atoms with van der Waals surface area (Å²) in [6, 6.07) is 3.85. The van der Waals surface area contributed by atoms with Crippen molar-refractivity contribution in [3.8, 4) is 10.8 Å². The number of aromatic nitrogens is 2. The quantitative estimate of drug-likeness (QED) is 0.922. The molecule has 8 heteroatoms. The topological polar surface area (TPSA) is 71.6 Å². The van der Waals surface area contributed by atoms with Crippen molar-refractivity contribution in [2.24, 2.45) is 0 Å². The Morgan fingerprint density at radius 2 is 2.39 bits per heavy atom. The van der Waals surface area contributed by atoms with Gasteiger partial charge < -0.3 is 9.52 Å². The molecular weight excluding hydrogens is 322 g/mol. The van der Waals surface area contributed by atoms with E-state index in [0.717, 1.165) is 8.66 Å². The average Bonchev–Trinajstić information content (AvgIpc) is 3.01. The lowest BCUT2D eigenvalue weighted by atomic mass is 10.4. The van der Waals surface area contributed by atoms with E-state index < -0.39 is 6.10 Å². The third-order valence-corrected chi connectivity index (χ3v) is 4.04. The molecule has 0 aliphatic carbocycles. The summed E-state index contributed by atoms with van der Waals surface area (Å²) in [4.78, 5) is 6.16. The normalized spacial score (nSPS) is 20.7. The van der Waals surface area contributed by atoms with E-state index in [0.29, 0.717) is 31.5 Å². The van der Waals surface area contributed by atoms with Crippen molar-refractivity contribution in [2.75, 3.05) is 13.2 Å². The summed E-state index contributed by atoms with van der Waals surface area (Å²) in [5.74, 6) is 0.976. The van der Waals surface area contributed by atoms with Crippen LogP contribution in [0.25, 0.3) is 10.8 Å². The van der Waals surface area contributed by atoms with Crippen LogP contribution in [0.15, 0.2) is 20.3 Å². The molecule has 0 spiro atoms. The van der Waals surface area contributed by atoms with E-state index in [1.54, 1.807) is 5.06 Å². The number of hydrogen-bond acceptors (Lipinski definition) is 7. The van der Waals surface area contributed by atoms with Gasteiger partial charge in [0.1, 0.15) is 6.54 Å².